The minimum atomic E-state index is -3.66. The molecule has 18 heavy (non-hydrogen) atoms. The van der Waals surface area contributed by atoms with Gasteiger partial charge in [-0.15, -0.1) is 6.58 Å². The highest BCUT2D eigenvalue weighted by atomic mass is 32.2. The minimum absolute atomic E-state index is 0.662. The average molecular weight is 264 g/mol. The topological polar surface area (TPSA) is 63.4 Å². The number of primary sulfonamides is 1. The van der Waals surface area contributed by atoms with Crippen LogP contribution in [-0.4, -0.2) is 15.5 Å². The molecule has 0 saturated carbocycles. The van der Waals surface area contributed by atoms with Gasteiger partial charge in [-0.3, -0.25) is 0 Å². The summed E-state index contributed by atoms with van der Waals surface area (Å²) in [7, 11) is -1.70. The zero-order valence-corrected chi connectivity index (χ0v) is 11.0. The highest BCUT2D eigenvalue weighted by molar-refractivity contribution is 7.89. The maximum absolute atomic E-state index is 11.5. The fraction of sp³-hybridized carbons (Fsp3) is 0.231. The Kier molecular flexibility index (Phi) is 3.28. The largest absolute Gasteiger partial charge is 0.351 e. The van der Waals surface area contributed by atoms with Crippen molar-refractivity contribution in [3.05, 3.63) is 54.3 Å². The van der Waals surface area contributed by atoms with Crippen LogP contribution >= 0.6 is 0 Å². The molecule has 0 fully saturated rings. The first-order valence-corrected chi connectivity index (χ1v) is 7.21. The molecule has 1 aliphatic heterocycles. The normalized spacial score (nSPS) is 16.2. The van der Waals surface area contributed by atoms with Gasteiger partial charge in [-0.25, -0.2) is 13.6 Å². The van der Waals surface area contributed by atoms with Crippen LogP contribution < -0.4 is 10.0 Å². The zero-order chi connectivity index (χ0) is 13.3. The molecular weight excluding hydrogens is 248 g/mol. The SMILES string of the molecule is C=CC(c1ccc2c(c1)CC=CN2C)S(N)(=O)=O. The molecule has 1 heterocycles. The maximum Gasteiger partial charge on any atom is 0.219 e. The minimum Gasteiger partial charge on any atom is -0.351 e. The molecule has 0 aliphatic carbocycles. The smallest absolute Gasteiger partial charge is 0.219 e. The lowest BCUT2D eigenvalue weighted by molar-refractivity contribution is 0.592. The Morgan fingerprint density at radius 1 is 1.50 bits per heavy atom. The van der Waals surface area contributed by atoms with Gasteiger partial charge < -0.3 is 4.90 Å². The first kappa shape index (κ1) is 12.9. The van der Waals surface area contributed by atoms with E-state index < -0.39 is 15.3 Å². The lowest BCUT2D eigenvalue weighted by Crippen LogP contribution is -2.21. The highest BCUT2D eigenvalue weighted by Gasteiger charge is 2.21. The van der Waals surface area contributed by atoms with Gasteiger partial charge in [-0.05, 0) is 23.6 Å². The number of hydrogen-bond acceptors (Lipinski definition) is 3. The first-order chi connectivity index (χ1) is 8.43. The maximum atomic E-state index is 11.5. The summed E-state index contributed by atoms with van der Waals surface area (Å²) in [6, 6.07) is 5.58. The number of allylic oxidation sites excluding steroid dienone is 1. The molecule has 2 rings (SSSR count). The summed E-state index contributed by atoms with van der Waals surface area (Å²) in [5.41, 5.74) is 2.83. The number of nitrogens with zero attached hydrogens (tertiary/aromatic N) is 1. The summed E-state index contributed by atoms with van der Waals surface area (Å²) in [5, 5.41) is 4.35. The second kappa shape index (κ2) is 4.59. The second-order valence-electron chi connectivity index (χ2n) is 4.33. The van der Waals surface area contributed by atoms with Gasteiger partial charge in [0, 0.05) is 18.9 Å². The molecule has 0 amide bonds. The van der Waals surface area contributed by atoms with Gasteiger partial charge in [0.05, 0.1) is 0 Å². The Balaban J connectivity index is 2.47. The predicted molar refractivity (Wildman–Crippen MR) is 73.7 cm³/mol. The van der Waals surface area contributed by atoms with Crippen LogP contribution in [0.2, 0.25) is 0 Å². The van der Waals surface area contributed by atoms with Crippen LogP contribution in [0.3, 0.4) is 0 Å². The molecule has 0 radical (unpaired) electrons. The molecule has 4 nitrogen and oxygen atoms in total. The fourth-order valence-electron chi connectivity index (χ4n) is 2.17. The van der Waals surface area contributed by atoms with Crippen LogP contribution in [0.4, 0.5) is 5.69 Å². The molecule has 1 atom stereocenters. The summed E-state index contributed by atoms with van der Waals surface area (Å²) < 4.78 is 23.0. The van der Waals surface area contributed by atoms with E-state index in [9.17, 15) is 8.42 Å². The molecule has 1 unspecified atom stereocenters. The van der Waals surface area contributed by atoms with Gasteiger partial charge in [0.2, 0.25) is 10.0 Å². The van der Waals surface area contributed by atoms with Crippen LogP contribution in [0.1, 0.15) is 16.4 Å². The zero-order valence-electron chi connectivity index (χ0n) is 10.2. The number of benzene rings is 1. The molecule has 0 spiro atoms. The van der Waals surface area contributed by atoms with Gasteiger partial charge in [0.25, 0.3) is 0 Å². The molecule has 0 saturated heterocycles. The van der Waals surface area contributed by atoms with Crippen LogP contribution in [0.5, 0.6) is 0 Å². The standard InChI is InChI=1S/C13H16N2O2S/c1-3-13(18(14,16)17)11-6-7-12-10(9-11)5-4-8-15(12)2/h3-4,6-9,13H,1,5H2,2H3,(H2,14,16,17). The van der Waals surface area contributed by atoms with Crippen molar-refractivity contribution >= 4 is 15.7 Å². The number of hydrogen-bond donors (Lipinski definition) is 1. The van der Waals surface area contributed by atoms with Gasteiger partial charge in [-0.2, -0.15) is 0 Å². The Bertz CT molecular complexity index is 605. The van der Waals surface area contributed by atoms with E-state index in [1.54, 1.807) is 6.07 Å². The van der Waals surface area contributed by atoms with E-state index in [-0.39, 0.29) is 0 Å². The van der Waals surface area contributed by atoms with Crippen molar-refractivity contribution in [1.82, 2.24) is 0 Å². The van der Waals surface area contributed by atoms with E-state index in [0.29, 0.717) is 5.56 Å². The Hall–Kier alpha value is -1.59. The fourth-order valence-corrected chi connectivity index (χ4v) is 2.96. The van der Waals surface area contributed by atoms with Crippen molar-refractivity contribution in [3.8, 4) is 0 Å². The molecular formula is C13H16N2O2S. The molecule has 5 heteroatoms. The summed E-state index contributed by atoms with van der Waals surface area (Å²) in [6.45, 7) is 3.55. The van der Waals surface area contributed by atoms with Crippen molar-refractivity contribution in [2.24, 2.45) is 5.14 Å². The van der Waals surface area contributed by atoms with E-state index in [4.69, 9.17) is 5.14 Å². The third-order valence-corrected chi connectivity index (χ3v) is 4.22. The molecule has 0 aromatic heterocycles. The van der Waals surface area contributed by atoms with Crippen molar-refractivity contribution in [2.45, 2.75) is 11.7 Å². The van der Waals surface area contributed by atoms with Crippen molar-refractivity contribution in [1.29, 1.82) is 0 Å². The quantitative estimate of drug-likeness (QED) is 0.845. The van der Waals surface area contributed by atoms with Crippen molar-refractivity contribution in [2.75, 3.05) is 11.9 Å². The van der Waals surface area contributed by atoms with E-state index in [1.165, 1.54) is 6.08 Å². The number of sulfonamides is 1. The van der Waals surface area contributed by atoms with E-state index in [0.717, 1.165) is 17.7 Å². The third-order valence-electron chi connectivity index (χ3n) is 3.05. The lowest BCUT2D eigenvalue weighted by atomic mass is 10.0. The van der Waals surface area contributed by atoms with Crippen LogP contribution in [0.25, 0.3) is 0 Å². The molecule has 1 aliphatic rings. The number of fused-ring (bicyclic) bond motifs is 1. The van der Waals surface area contributed by atoms with Gasteiger partial charge in [-0.1, -0.05) is 24.3 Å². The van der Waals surface area contributed by atoms with E-state index >= 15 is 0 Å². The number of nitrogens with two attached hydrogens (primary N) is 1. The summed E-state index contributed by atoms with van der Waals surface area (Å²) in [6.07, 6.45) is 6.18. The predicted octanol–water partition coefficient (Wildman–Crippen LogP) is 1.71. The van der Waals surface area contributed by atoms with E-state index in [1.807, 2.05) is 36.4 Å². The molecule has 1 aromatic carbocycles. The Morgan fingerprint density at radius 3 is 2.83 bits per heavy atom. The second-order valence-corrected chi connectivity index (χ2v) is 6.02. The van der Waals surface area contributed by atoms with Crippen LogP contribution in [0, 0.1) is 0 Å². The van der Waals surface area contributed by atoms with Gasteiger partial charge >= 0.3 is 0 Å². The summed E-state index contributed by atoms with van der Waals surface area (Å²) in [4.78, 5) is 2.00. The van der Waals surface area contributed by atoms with Crippen LogP contribution in [0.15, 0.2) is 43.1 Å². The molecule has 96 valence electrons. The molecule has 1 aromatic rings. The molecule has 2 N–H and O–H groups in total. The van der Waals surface area contributed by atoms with E-state index in [2.05, 4.69) is 6.58 Å². The lowest BCUT2D eigenvalue weighted by Gasteiger charge is -2.23. The number of rotatable bonds is 3. The van der Waals surface area contributed by atoms with Crippen molar-refractivity contribution in [3.63, 3.8) is 0 Å². The monoisotopic (exact) mass is 264 g/mol. The Labute approximate surface area is 107 Å². The Morgan fingerprint density at radius 2 is 2.22 bits per heavy atom. The summed E-state index contributed by atoms with van der Waals surface area (Å²) in [5.74, 6) is 0. The van der Waals surface area contributed by atoms with Crippen LogP contribution in [-0.2, 0) is 16.4 Å². The third kappa shape index (κ3) is 2.32. The number of anilines is 1. The van der Waals surface area contributed by atoms with Crippen molar-refractivity contribution < 1.29 is 8.42 Å². The van der Waals surface area contributed by atoms with Gasteiger partial charge in [0.15, 0.2) is 0 Å². The molecule has 0 bridgehead atoms. The highest BCUT2D eigenvalue weighted by Crippen LogP contribution is 2.30. The average Bonchev–Trinajstić information content (AvgIpc) is 2.28. The summed E-state index contributed by atoms with van der Waals surface area (Å²) >= 11 is 0. The first-order valence-electron chi connectivity index (χ1n) is 5.60. The van der Waals surface area contributed by atoms with Gasteiger partial charge in [0.1, 0.15) is 5.25 Å².